The third kappa shape index (κ3) is 6.73. The maximum Gasteiger partial charge on any atom is 0.416 e. The van der Waals surface area contributed by atoms with E-state index < -0.39 is 28.0 Å². The highest BCUT2D eigenvalue weighted by molar-refractivity contribution is 7.88. The van der Waals surface area contributed by atoms with Gasteiger partial charge in [0, 0.05) is 80.2 Å². The molecule has 1 fully saturated rings. The molecule has 1 aliphatic rings. The zero-order valence-corrected chi connectivity index (χ0v) is 23.5. The number of carbonyl (C=O) groups excluding carboxylic acids is 1. The second kappa shape index (κ2) is 12.1. The number of nitrogens with one attached hydrogen (secondary N) is 4. The lowest BCUT2D eigenvalue weighted by atomic mass is 10.1. The second-order valence-corrected chi connectivity index (χ2v) is 11.5. The molecule has 3 heterocycles. The summed E-state index contributed by atoms with van der Waals surface area (Å²) in [5.74, 6) is 0. The number of urea groups is 1. The number of fused-ring (bicyclic) bond motifs is 1. The van der Waals surface area contributed by atoms with Crippen molar-refractivity contribution < 1.29 is 26.4 Å². The molecule has 222 valence electrons. The molecule has 1 aliphatic heterocycles. The summed E-state index contributed by atoms with van der Waals surface area (Å²) >= 11 is 0. The highest BCUT2D eigenvalue weighted by atomic mass is 32.2. The molecular weight excluding hydrogens is 571 g/mol. The van der Waals surface area contributed by atoms with Gasteiger partial charge in [-0.05, 0) is 48.4 Å². The van der Waals surface area contributed by atoms with Gasteiger partial charge in [0.15, 0.2) is 0 Å². The molecule has 2 aromatic carbocycles. The molecule has 0 bridgehead atoms. The summed E-state index contributed by atoms with van der Waals surface area (Å²) in [5, 5.41) is 8.91. The van der Waals surface area contributed by atoms with E-state index in [4.69, 9.17) is 0 Å². The zero-order valence-electron chi connectivity index (χ0n) is 22.7. The van der Waals surface area contributed by atoms with Crippen LogP contribution in [0, 0.1) is 6.92 Å². The average Bonchev–Trinajstić information content (AvgIpc) is 3.35. The predicted molar refractivity (Wildman–Crippen MR) is 156 cm³/mol. The van der Waals surface area contributed by atoms with Crippen LogP contribution in [0.3, 0.4) is 0 Å². The van der Waals surface area contributed by atoms with Gasteiger partial charge in [-0.3, -0.25) is 9.88 Å². The molecule has 0 spiro atoms. The number of anilines is 2. The molecule has 0 saturated carbocycles. The van der Waals surface area contributed by atoms with Crippen molar-refractivity contribution in [3.63, 3.8) is 0 Å². The lowest BCUT2D eigenvalue weighted by molar-refractivity contribution is -0.138. The molecule has 42 heavy (non-hydrogen) atoms. The first-order chi connectivity index (χ1) is 20.0. The molecule has 5 rings (SSSR count). The number of benzene rings is 2. The molecule has 2 aromatic heterocycles. The number of piperazine rings is 1. The average molecular weight is 602 g/mol. The van der Waals surface area contributed by atoms with Crippen molar-refractivity contribution in [2.75, 3.05) is 49.9 Å². The molecular formula is C28H30F3N7O3S. The quantitative estimate of drug-likeness (QED) is 0.240. The monoisotopic (exact) mass is 601 g/mol. The second-order valence-electron chi connectivity index (χ2n) is 9.91. The third-order valence-electron chi connectivity index (χ3n) is 7.01. The fraction of sp³-hybridized carbons (Fsp3) is 0.286. The van der Waals surface area contributed by atoms with Crippen LogP contribution in [-0.4, -0.2) is 67.6 Å². The van der Waals surface area contributed by atoms with Crippen LogP contribution < -0.4 is 20.7 Å². The molecule has 0 radical (unpaired) electrons. The predicted octanol–water partition coefficient (Wildman–Crippen LogP) is 4.26. The van der Waals surface area contributed by atoms with Crippen LogP contribution in [0.25, 0.3) is 22.0 Å². The first-order valence-electron chi connectivity index (χ1n) is 13.3. The number of aromatic nitrogens is 2. The van der Waals surface area contributed by atoms with E-state index in [1.807, 2.05) is 0 Å². The Balaban J connectivity index is 1.29. The summed E-state index contributed by atoms with van der Waals surface area (Å²) in [5.41, 5.74) is 1.40. The summed E-state index contributed by atoms with van der Waals surface area (Å²) in [6.45, 7) is 5.69. The van der Waals surface area contributed by atoms with Crippen LogP contribution >= 0.6 is 0 Å². The van der Waals surface area contributed by atoms with Gasteiger partial charge in [-0.2, -0.15) is 26.3 Å². The number of amides is 2. The Labute approximate surface area is 241 Å². The van der Waals surface area contributed by atoms with E-state index in [2.05, 4.69) is 30.6 Å². The van der Waals surface area contributed by atoms with E-state index in [0.717, 1.165) is 32.2 Å². The van der Waals surface area contributed by atoms with Crippen molar-refractivity contribution >= 4 is 38.5 Å². The van der Waals surface area contributed by atoms with Gasteiger partial charge in [-0.1, -0.05) is 18.2 Å². The van der Waals surface area contributed by atoms with Crippen molar-refractivity contribution in [3.8, 4) is 11.1 Å². The van der Waals surface area contributed by atoms with E-state index >= 15 is 0 Å². The highest BCUT2D eigenvalue weighted by Crippen LogP contribution is 2.34. The maximum atomic E-state index is 13.2. The minimum Gasteiger partial charge on any atom is -0.314 e. The van der Waals surface area contributed by atoms with Gasteiger partial charge in [0.1, 0.15) is 0 Å². The Morgan fingerprint density at radius 2 is 1.71 bits per heavy atom. The molecule has 0 atom stereocenters. The standard InChI is InChI=1S/C28H30F3N7O3S/c1-19-2-5-22(16-25(19)28(29,30)31)36-27(39)35-21-6-3-20(4-7-21)24-18-38(26-8-9-33-17-23(24)26)42(40,41)34-12-15-37-13-10-32-11-14-37/h2-9,16-18,32,34H,10-15H2,1H3,(H2,35,36,39). The maximum absolute atomic E-state index is 13.2. The smallest absolute Gasteiger partial charge is 0.314 e. The van der Waals surface area contributed by atoms with Gasteiger partial charge in [0.25, 0.3) is 0 Å². The van der Waals surface area contributed by atoms with Crippen molar-refractivity contribution in [2.45, 2.75) is 13.1 Å². The Bertz CT molecular complexity index is 1680. The first kappa shape index (κ1) is 29.5. The van der Waals surface area contributed by atoms with Crippen molar-refractivity contribution in [1.82, 2.24) is 23.9 Å². The van der Waals surface area contributed by atoms with Crippen molar-refractivity contribution in [1.29, 1.82) is 0 Å². The number of halogens is 3. The van der Waals surface area contributed by atoms with Crippen LogP contribution in [0.1, 0.15) is 11.1 Å². The highest BCUT2D eigenvalue weighted by Gasteiger charge is 2.32. The molecule has 0 aliphatic carbocycles. The molecule has 4 aromatic rings. The molecule has 2 amide bonds. The molecule has 10 nitrogen and oxygen atoms in total. The minimum absolute atomic E-state index is 0.00473. The zero-order chi connectivity index (χ0) is 29.9. The SMILES string of the molecule is Cc1ccc(NC(=O)Nc2ccc(-c3cn(S(=O)(=O)NCCN4CCNCC4)c4ccncc34)cc2)cc1C(F)(F)F. The summed E-state index contributed by atoms with van der Waals surface area (Å²) < 4.78 is 70.0. The third-order valence-corrected chi connectivity index (χ3v) is 8.40. The van der Waals surface area contributed by atoms with Gasteiger partial charge in [0.2, 0.25) is 0 Å². The topological polar surface area (TPSA) is 120 Å². The van der Waals surface area contributed by atoms with E-state index in [1.54, 1.807) is 36.5 Å². The van der Waals surface area contributed by atoms with Gasteiger partial charge in [0.05, 0.1) is 11.1 Å². The number of nitrogens with zero attached hydrogens (tertiary/aromatic N) is 3. The minimum atomic E-state index is -4.53. The van der Waals surface area contributed by atoms with E-state index in [0.29, 0.717) is 34.3 Å². The van der Waals surface area contributed by atoms with Gasteiger partial charge < -0.3 is 16.0 Å². The summed E-state index contributed by atoms with van der Waals surface area (Å²) in [7, 11) is -3.88. The van der Waals surface area contributed by atoms with Gasteiger partial charge in [-0.25, -0.2) is 8.77 Å². The molecule has 0 unspecified atom stereocenters. The van der Waals surface area contributed by atoms with Crippen LogP contribution in [0.4, 0.5) is 29.3 Å². The fourth-order valence-corrected chi connectivity index (χ4v) is 5.99. The summed E-state index contributed by atoms with van der Waals surface area (Å²) in [6, 6.07) is 11.1. The number of pyridine rings is 1. The number of hydrogen-bond acceptors (Lipinski definition) is 6. The van der Waals surface area contributed by atoms with Crippen molar-refractivity contribution in [2.24, 2.45) is 0 Å². The van der Waals surface area contributed by atoms with Crippen LogP contribution in [-0.2, 0) is 16.4 Å². The normalized spacial score (nSPS) is 14.7. The summed E-state index contributed by atoms with van der Waals surface area (Å²) in [6.07, 6.45) is 0.112. The largest absolute Gasteiger partial charge is 0.416 e. The molecule has 4 N–H and O–H groups in total. The summed E-state index contributed by atoms with van der Waals surface area (Å²) in [4.78, 5) is 18.8. The van der Waals surface area contributed by atoms with Gasteiger partial charge >= 0.3 is 22.4 Å². The van der Waals surface area contributed by atoms with Crippen molar-refractivity contribution in [3.05, 3.63) is 78.2 Å². The van der Waals surface area contributed by atoms with E-state index in [1.165, 1.54) is 35.4 Å². The number of carbonyl (C=O) groups is 1. The number of aryl methyl sites for hydroxylation is 1. The van der Waals surface area contributed by atoms with Gasteiger partial charge in [-0.15, -0.1) is 0 Å². The lowest BCUT2D eigenvalue weighted by Gasteiger charge is -2.27. The Morgan fingerprint density at radius 3 is 2.43 bits per heavy atom. The van der Waals surface area contributed by atoms with E-state index in [-0.39, 0.29) is 17.8 Å². The lowest BCUT2D eigenvalue weighted by Crippen LogP contribution is -2.46. The number of hydrogen-bond donors (Lipinski definition) is 4. The number of rotatable bonds is 8. The van der Waals surface area contributed by atoms with Crippen LogP contribution in [0.2, 0.25) is 0 Å². The number of alkyl halides is 3. The van der Waals surface area contributed by atoms with Crippen LogP contribution in [0.15, 0.2) is 67.1 Å². The van der Waals surface area contributed by atoms with E-state index in [9.17, 15) is 26.4 Å². The Morgan fingerprint density at radius 1 is 1.02 bits per heavy atom. The Kier molecular flexibility index (Phi) is 8.50. The fourth-order valence-electron chi connectivity index (χ4n) is 4.84. The molecule has 14 heteroatoms. The van der Waals surface area contributed by atoms with Crippen LogP contribution in [0.5, 0.6) is 0 Å². The Hall–Kier alpha value is -3.98. The first-order valence-corrected chi connectivity index (χ1v) is 14.7. The molecule has 1 saturated heterocycles.